The minimum atomic E-state index is -4.67. The van der Waals surface area contributed by atoms with Crippen LogP contribution in [-0.4, -0.2) is 18.0 Å². The second-order valence-corrected chi connectivity index (χ2v) is 6.21. The number of hydrogen-bond acceptors (Lipinski definition) is 3. The van der Waals surface area contributed by atoms with Gasteiger partial charge >= 0.3 is 6.18 Å². The molecule has 3 rings (SSSR count). The van der Waals surface area contributed by atoms with E-state index < -0.39 is 23.3 Å². The van der Waals surface area contributed by atoms with E-state index >= 15 is 0 Å². The number of aromatic nitrogens is 1. The van der Waals surface area contributed by atoms with Crippen LogP contribution in [0, 0.1) is 6.92 Å². The summed E-state index contributed by atoms with van der Waals surface area (Å²) in [5, 5.41) is 2.73. The molecule has 1 aliphatic carbocycles. The van der Waals surface area contributed by atoms with Gasteiger partial charge in [-0.15, -0.1) is 0 Å². The van der Waals surface area contributed by atoms with Crippen LogP contribution in [0.15, 0.2) is 29.1 Å². The fourth-order valence-electron chi connectivity index (χ4n) is 3.22. The predicted molar refractivity (Wildman–Crippen MR) is 88.3 cm³/mol. The normalized spacial score (nSPS) is 16.3. The van der Waals surface area contributed by atoms with Crippen molar-refractivity contribution in [1.82, 2.24) is 10.3 Å². The molecule has 0 bridgehead atoms. The number of carbonyl (C=O) groups is 1. The molecule has 0 fully saturated rings. The summed E-state index contributed by atoms with van der Waals surface area (Å²) >= 11 is 0. The summed E-state index contributed by atoms with van der Waals surface area (Å²) < 4.78 is 43.2. The average Bonchev–Trinajstić information content (AvgIpc) is 2.95. The Kier molecular flexibility index (Phi) is 4.52. The van der Waals surface area contributed by atoms with Crippen molar-refractivity contribution in [2.24, 2.45) is 0 Å². The molecular weight excluding hydrogens is 349 g/mol. The van der Waals surface area contributed by atoms with Gasteiger partial charge in [0.05, 0.1) is 13.2 Å². The van der Waals surface area contributed by atoms with Gasteiger partial charge in [-0.05, 0) is 54.7 Å². The number of benzene rings is 1. The van der Waals surface area contributed by atoms with Crippen LogP contribution >= 0.6 is 0 Å². The van der Waals surface area contributed by atoms with E-state index in [-0.39, 0.29) is 11.6 Å². The van der Waals surface area contributed by atoms with Crippen LogP contribution in [0.3, 0.4) is 0 Å². The molecule has 1 aromatic carbocycles. The van der Waals surface area contributed by atoms with Crippen LogP contribution in [0.5, 0.6) is 5.75 Å². The molecule has 0 saturated heterocycles. The lowest BCUT2D eigenvalue weighted by Gasteiger charge is -2.16. The zero-order valence-electron chi connectivity index (χ0n) is 14.2. The Balaban J connectivity index is 1.85. The van der Waals surface area contributed by atoms with E-state index in [0.717, 1.165) is 28.5 Å². The van der Waals surface area contributed by atoms with Gasteiger partial charge in [0, 0.05) is 0 Å². The molecule has 0 aliphatic heterocycles. The molecule has 1 atom stereocenters. The van der Waals surface area contributed by atoms with Gasteiger partial charge in [-0.3, -0.25) is 9.59 Å². The number of hydrogen-bond donors (Lipinski definition) is 2. The monoisotopic (exact) mass is 366 g/mol. The molecule has 1 unspecified atom stereocenters. The number of halogens is 3. The Morgan fingerprint density at radius 1 is 1.31 bits per heavy atom. The van der Waals surface area contributed by atoms with E-state index in [1.807, 2.05) is 19.1 Å². The number of carbonyl (C=O) groups excluding carboxylic acids is 1. The first-order valence-corrected chi connectivity index (χ1v) is 7.99. The van der Waals surface area contributed by atoms with Gasteiger partial charge < -0.3 is 15.0 Å². The lowest BCUT2D eigenvalue weighted by molar-refractivity contribution is -0.141. The number of H-pyrrole nitrogens is 1. The second-order valence-electron chi connectivity index (χ2n) is 6.21. The van der Waals surface area contributed by atoms with Crippen LogP contribution in [0.4, 0.5) is 13.2 Å². The average molecular weight is 366 g/mol. The third kappa shape index (κ3) is 3.31. The molecular formula is C18H17F3N2O3. The van der Waals surface area contributed by atoms with E-state index in [1.165, 1.54) is 0 Å². The van der Waals surface area contributed by atoms with Crippen molar-refractivity contribution in [1.29, 1.82) is 0 Å². The van der Waals surface area contributed by atoms with Crippen LogP contribution < -0.4 is 15.6 Å². The van der Waals surface area contributed by atoms with E-state index in [4.69, 9.17) is 4.74 Å². The van der Waals surface area contributed by atoms with Gasteiger partial charge in [0.15, 0.2) is 0 Å². The van der Waals surface area contributed by atoms with Crippen molar-refractivity contribution in [3.63, 3.8) is 0 Å². The van der Waals surface area contributed by atoms with Crippen molar-refractivity contribution in [3.05, 3.63) is 62.6 Å². The van der Waals surface area contributed by atoms with E-state index in [0.29, 0.717) is 18.9 Å². The molecule has 5 nitrogen and oxygen atoms in total. The maximum Gasteiger partial charge on any atom is 0.431 e. The van der Waals surface area contributed by atoms with Crippen LogP contribution in [0.25, 0.3) is 0 Å². The molecule has 8 heteroatoms. The zero-order chi connectivity index (χ0) is 19.1. The smallest absolute Gasteiger partial charge is 0.431 e. The highest BCUT2D eigenvalue weighted by molar-refractivity contribution is 5.94. The largest absolute Gasteiger partial charge is 0.496 e. The first-order chi connectivity index (χ1) is 12.2. The second kappa shape index (κ2) is 6.51. The predicted octanol–water partition coefficient (Wildman–Crippen LogP) is 3.13. The van der Waals surface area contributed by atoms with E-state index in [2.05, 4.69) is 5.32 Å². The van der Waals surface area contributed by atoms with Gasteiger partial charge in [-0.2, -0.15) is 13.2 Å². The zero-order valence-corrected chi connectivity index (χ0v) is 14.2. The Morgan fingerprint density at radius 2 is 2.04 bits per heavy atom. The van der Waals surface area contributed by atoms with Crippen molar-refractivity contribution < 1.29 is 22.7 Å². The number of aryl methyl sites for hydroxylation is 1. The van der Waals surface area contributed by atoms with Crippen LogP contribution in [0.2, 0.25) is 0 Å². The molecule has 2 N–H and O–H groups in total. The van der Waals surface area contributed by atoms with Crippen molar-refractivity contribution in [2.75, 3.05) is 7.11 Å². The standard InChI is InChI=1S/C18H17F3N2O3/c1-9-7-12-10(14(8-9)26-2)3-5-13(12)22-16(24)11-4-6-15(18(19,20)21)23-17(11)25/h4,6-8,13H,3,5H2,1-2H3,(H,22,24)(H,23,25). The van der Waals surface area contributed by atoms with Crippen LogP contribution in [-0.2, 0) is 12.6 Å². The molecule has 0 saturated carbocycles. The van der Waals surface area contributed by atoms with Crippen LogP contribution in [0.1, 0.15) is 45.2 Å². The first kappa shape index (κ1) is 18.0. The molecule has 0 spiro atoms. The fraction of sp³-hybridized carbons (Fsp3) is 0.333. The minimum Gasteiger partial charge on any atom is -0.496 e. The number of aromatic amines is 1. The third-order valence-electron chi connectivity index (χ3n) is 4.43. The molecule has 1 amide bonds. The summed E-state index contributed by atoms with van der Waals surface area (Å²) in [6, 6.07) is 5.10. The summed E-state index contributed by atoms with van der Waals surface area (Å²) in [4.78, 5) is 26.0. The number of ether oxygens (including phenoxy) is 1. The number of nitrogens with one attached hydrogen (secondary N) is 2. The highest BCUT2D eigenvalue weighted by Gasteiger charge is 2.33. The Labute approximate surface area is 147 Å². The lowest BCUT2D eigenvalue weighted by atomic mass is 10.0. The number of fused-ring (bicyclic) bond motifs is 1. The summed E-state index contributed by atoms with van der Waals surface area (Å²) in [7, 11) is 1.57. The Bertz CT molecular complexity index is 919. The fourth-order valence-corrected chi connectivity index (χ4v) is 3.22. The molecule has 1 aromatic heterocycles. The number of methoxy groups -OCH3 is 1. The summed E-state index contributed by atoms with van der Waals surface area (Å²) in [6.45, 7) is 1.90. The molecule has 1 aliphatic rings. The highest BCUT2D eigenvalue weighted by atomic mass is 19.4. The topological polar surface area (TPSA) is 71.2 Å². The number of pyridine rings is 1. The Hall–Kier alpha value is -2.77. The summed E-state index contributed by atoms with van der Waals surface area (Å²) in [6.07, 6.45) is -3.35. The van der Waals surface area contributed by atoms with Crippen molar-refractivity contribution in [3.8, 4) is 5.75 Å². The highest BCUT2D eigenvalue weighted by Crippen LogP contribution is 2.38. The van der Waals surface area contributed by atoms with E-state index in [1.54, 1.807) is 12.1 Å². The molecule has 0 radical (unpaired) electrons. The van der Waals surface area contributed by atoms with Gasteiger partial charge in [0.2, 0.25) is 0 Å². The van der Waals surface area contributed by atoms with Gasteiger partial charge in [-0.25, -0.2) is 0 Å². The minimum absolute atomic E-state index is 0.326. The third-order valence-corrected chi connectivity index (χ3v) is 4.43. The van der Waals surface area contributed by atoms with Gasteiger partial charge in [0.1, 0.15) is 17.0 Å². The molecule has 1 heterocycles. The molecule has 138 valence electrons. The quantitative estimate of drug-likeness (QED) is 0.877. The lowest BCUT2D eigenvalue weighted by Crippen LogP contribution is -2.32. The number of alkyl halides is 3. The maximum absolute atomic E-state index is 12.6. The van der Waals surface area contributed by atoms with Gasteiger partial charge in [-0.1, -0.05) is 6.07 Å². The maximum atomic E-state index is 12.6. The molecule has 2 aromatic rings. The number of rotatable bonds is 3. The van der Waals surface area contributed by atoms with Gasteiger partial charge in [0.25, 0.3) is 11.5 Å². The Morgan fingerprint density at radius 3 is 2.65 bits per heavy atom. The summed E-state index contributed by atoms with van der Waals surface area (Å²) in [5.74, 6) is 0.0300. The van der Waals surface area contributed by atoms with Crippen molar-refractivity contribution >= 4 is 5.91 Å². The number of amides is 1. The van der Waals surface area contributed by atoms with Crippen molar-refractivity contribution in [2.45, 2.75) is 32.0 Å². The first-order valence-electron chi connectivity index (χ1n) is 7.99. The summed E-state index contributed by atoms with van der Waals surface area (Å²) in [5.41, 5.74) is 0.242. The SMILES string of the molecule is COc1cc(C)cc2c1CCC2NC(=O)c1ccc(C(F)(F)F)[nH]c1=O. The molecule has 26 heavy (non-hydrogen) atoms. The van der Waals surface area contributed by atoms with E-state index in [9.17, 15) is 22.8 Å².